The van der Waals surface area contributed by atoms with Crippen LogP contribution in [0.2, 0.25) is 0 Å². The second-order valence-electron chi connectivity index (χ2n) is 5.68. The molecule has 0 aliphatic carbocycles. The number of ether oxygens (including phenoxy) is 1. The summed E-state index contributed by atoms with van der Waals surface area (Å²) in [6, 6.07) is 5.74. The minimum absolute atomic E-state index is 0.0690. The number of hydrogen-bond donors (Lipinski definition) is 1. The van der Waals surface area contributed by atoms with Crippen LogP contribution in [0.15, 0.2) is 18.2 Å². The van der Waals surface area contributed by atoms with Crippen molar-refractivity contribution in [3.63, 3.8) is 0 Å². The van der Waals surface area contributed by atoms with Crippen LogP contribution >= 0.6 is 11.3 Å². The van der Waals surface area contributed by atoms with E-state index in [2.05, 4.69) is 6.92 Å². The van der Waals surface area contributed by atoms with Gasteiger partial charge in [-0.1, -0.05) is 6.92 Å². The fourth-order valence-electron chi connectivity index (χ4n) is 2.74. The Bertz CT molecular complexity index is 672. The Morgan fingerprint density at radius 3 is 2.76 bits per heavy atom. The molecule has 1 fully saturated rings. The predicted molar refractivity (Wildman–Crippen MR) is 87.1 cm³/mol. The molecule has 3 rings (SSSR count). The summed E-state index contributed by atoms with van der Waals surface area (Å²) in [4.78, 5) is 15.3. The summed E-state index contributed by atoms with van der Waals surface area (Å²) in [5.74, 6) is 1.56. The Labute approximate surface area is 128 Å². The van der Waals surface area contributed by atoms with Gasteiger partial charge < -0.3 is 15.4 Å². The summed E-state index contributed by atoms with van der Waals surface area (Å²) in [7, 11) is 1.64. The Morgan fingerprint density at radius 1 is 1.38 bits per heavy atom. The molecule has 0 bridgehead atoms. The van der Waals surface area contributed by atoms with Crippen LogP contribution in [0.5, 0.6) is 5.75 Å². The van der Waals surface area contributed by atoms with Gasteiger partial charge in [-0.3, -0.25) is 4.79 Å². The van der Waals surface area contributed by atoms with Gasteiger partial charge >= 0.3 is 0 Å². The van der Waals surface area contributed by atoms with Crippen LogP contribution in [0.4, 0.5) is 5.69 Å². The van der Waals surface area contributed by atoms with E-state index in [1.54, 1.807) is 7.11 Å². The number of amides is 1. The van der Waals surface area contributed by atoms with Crippen LogP contribution in [-0.4, -0.2) is 31.0 Å². The quantitative estimate of drug-likeness (QED) is 0.925. The van der Waals surface area contributed by atoms with Crippen molar-refractivity contribution in [2.45, 2.75) is 19.8 Å². The van der Waals surface area contributed by atoms with E-state index in [-0.39, 0.29) is 5.91 Å². The fraction of sp³-hybridized carbons (Fsp3) is 0.438. The molecule has 21 heavy (non-hydrogen) atoms. The number of hydrogen-bond acceptors (Lipinski definition) is 4. The molecule has 0 radical (unpaired) electrons. The second kappa shape index (κ2) is 5.56. The standard InChI is InChI=1S/C16H20N2O2S/c1-10-5-7-18(8-6-10)16(19)15-14(17)12-4-3-11(20-2)9-13(12)21-15/h3-4,9-10H,5-8,17H2,1-2H3. The van der Waals surface area contributed by atoms with Gasteiger partial charge in [0.1, 0.15) is 10.6 Å². The number of methoxy groups -OCH3 is 1. The lowest BCUT2D eigenvalue weighted by Crippen LogP contribution is -2.37. The predicted octanol–water partition coefficient (Wildman–Crippen LogP) is 3.36. The summed E-state index contributed by atoms with van der Waals surface area (Å²) in [6.07, 6.45) is 2.15. The molecule has 0 spiro atoms. The van der Waals surface area contributed by atoms with Crippen molar-refractivity contribution in [2.24, 2.45) is 5.92 Å². The van der Waals surface area contributed by atoms with Gasteiger partial charge in [0.25, 0.3) is 5.91 Å². The molecule has 2 aromatic rings. The summed E-state index contributed by atoms with van der Waals surface area (Å²) < 4.78 is 6.23. The van der Waals surface area contributed by atoms with E-state index in [1.165, 1.54) is 11.3 Å². The SMILES string of the molecule is COc1ccc2c(N)c(C(=O)N3CCC(C)CC3)sc2c1. The first-order chi connectivity index (χ1) is 10.1. The molecule has 1 aliphatic rings. The highest BCUT2D eigenvalue weighted by Gasteiger charge is 2.25. The monoisotopic (exact) mass is 304 g/mol. The number of nitrogens with zero attached hydrogens (tertiary/aromatic N) is 1. The van der Waals surface area contributed by atoms with Crippen LogP contribution in [0.1, 0.15) is 29.4 Å². The van der Waals surface area contributed by atoms with Gasteiger partial charge in [0, 0.05) is 23.2 Å². The van der Waals surface area contributed by atoms with Crippen LogP contribution in [-0.2, 0) is 0 Å². The summed E-state index contributed by atoms with van der Waals surface area (Å²) in [6.45, 7) is 3.90. The average molecular weight is 304 g/mol. The zero-order valence-electron chi connectivity index (χ0n) is 12.4. The molecule has 1 amide bonds. The van der Waals surface area contributed by atoms with E-state index in [9.17, 15) is 4.79 Å². The Morgan fingerprint density at radius 2 is 2.10 bits per heavy atom. The van der Waals surface area contributed by atoms with Gasteiger partial charge in [-0.2, -0.15) is 0 Å². The molecule has 1 aromatic heterocycles. The fourth-order valence-corrected chi connectivity index (χ4v) is 3.86. The minimum Gasteiger partial charge on any atom is -0.497 e. The Kier molecular flexibility index (Phi) is 3.76. The van der Waals surface area contributed by atoms with Gasteiger partial charge in [0.05, 0.1) is 12.8 Å². The van der Waals surface area contributed by atoms with Crippen molar-refractivity contribution in [3.05, 3.63) is 23.1 Å². The first-order valence-corrected chi connectivity index (χ1v) is 8.07. The molecule has 112 valence electrons. The van der Waals surface area contributed by atoms with Crippen LogP contribution in [0.3, 0.4) is 0 Å². The number of benzene rings is 1. The van der Waals surface area contributed by atoms with E-state index < -0.39 is 0 Å². The van der Waals surface area contributed by atoms with Gasteiger partial charge in [0.15, 0.2) is 0 Å². The molecular weight excluding hydrogens is 284 g/mol. The number of fused-ring (bicyclic) bond motifs is 1. The number of nitrogen functional groups attached to an aromatic ring is 1. The van der Waals surface area contributed by atoms with Crippen molar-refractivity contribution < 1.29 is 9.53 Å². The zero-order chi connectivity index (χ0) is 15.0. The largest absolute Gasteiger partial charge is 0.497 e. The number of rotatable bonds is 2. The maximum Gasteiger partial charge on any atom is 0.266 e. The average Bonchev–Trinajstić information content (AvgIpc) is 2.83. The number of nitrogens with two attached hydrogens (primary N) is 1. The van der Waals surface area contributed by atoms with E-state index in [4.69, 9.17) is 10.5 Å². The molecule has 1 aromatic carbocycles. The topological polar surface area (TPSA) is 55.6 Å². The lowest BCUT2D eigenvalue weighted by atomic mass is 9.99. The number of piperidine rings is 1. The van der Waals surface area contributed by atoms with Crippen molar-refractivity contribution in [2.75, 3.05) is 25.9 Å². The molecule has 0 saturated carbocycles. The summed E-state index contributed by atoms with van der Waals surface area (Å²) in [5, 5.41) is 0.939. The third kappa shape index (κ3) is 2.58. The normalized spacial score (nSPS) is 16.4. The van der Waals surface area contributed by atoms with Gasteiger partial charge in [-0.25, -0.2) is 0 Å². The highest BCUT2D eigenvalue weighted by molar-refractivity contribution is 7.21. The van der Waals surface area contributed by atoms with Crippen LogP contribution in [0, 0.1) is 5.92 Å². The molecule has 2 N–H and O–H groups in total. The maximum atomic E-state index is 12.7. The number of anilines is 1. The third-order valence-corrected chi connectivity index (χ3v) is 5.36. The van der Waals surface area contributed by atoms with E-state index in [1.807, 2.05) is 23.1 Å². The highest BCUT2D eigenvalue weighted by Crippen LogP contribution is 2.37. The minimum atomic E-state index is 0.0690. The molecule has 0 unspecified atom stereocenters. The first kappa shape index (κ1) is 14.2. The Balaban J connectivity index is 1.92. The molecule has 4 nitrogen and oxygen atoms in total. The molecule has 2 heterocycles. The molecule has 1 aliphatic heterocycles. The van der Waals surface area contributed by atoms with Crippen molar-refractivity contribution in [1.82, 2.24) is 4.90 Å². The van der Waals surface area contributed by atoms with Crippen molar-refractivity contribution >= 4 is 33.0 Å². The zero-order valence-corrected chi connectivity index (χ0v) is 13.2. The van der Waals surface area contributed by atoms with Crippen molar-refractivity contribution in [3.8, 4) is 5.75 Å². The number of likely N-dealkylation sites (tertiary alicyclic amines) is 1. The molecule has 5 heteroatoms. The lowest BCUT2D eigenvalue weighted by molar-refractivity contribution is 0.0703. The second-order valence-corrected chi connectivity index (χ2v) is 6.73. The van der Waals surface area contributed by atoms with Crippen LogP contribution < -0.4 is 10.5 Å². The third-order valence-electron chi connectivity index (χ3n) is 4.20. The molecular formula is C16H20N2O2S. The lowest BCUT2D eigenvalue weighted by Gasteiger charge is -2.30. The highest BCUT2D eigenvalue weighted by atomic mass is 32.1. The maximum absolute atomic E-state index is 12.7. The van der Waals surface area contributed by atoms with E-state index in [0.29, 0.717) is 16.5 Å². The summed E-state index contributed by atoms with van der Waals surface area (Å²) >= 11 is 1.46. The smallest absolute Gasteiger partial charge is 0.266 e. The van der Waals surface area contributed by atoms with E-state index >= 15 is 0 Å². The Hall–Kier alpha value is -1.75. The first-order valence-electron chi connectivity index (χ1n) is 7.25. The molecule has 0 atom stereocenters. The van der Waals surface area contributed by atoms with Gasteiger partial charge in [-0.15, -0.1) is 11.3 Å². The summed E-state index contributed by atoms with van der Waals surface area (Å²) in [5.41, 5.74) is 6.79. The number of carbonyl (C=O) groups excluding carboxylic acids is 1. The van der Waals surface area contributed by atoms with Crippen molar-refractivity contribution in [1.29, 1.82) is 0 Å². The number of thiophene rings is 1. The van der Waals surface area contributed by atoms with Crippen LogP contribution in [0.25, 0.3) is 10.1 Å². The van der Waals surface area contributed by atoms with Gasteiger partial charge in [-0.05, 0) is 37.0 Å². The number of carbonyl (C=O) groups is 1. The van der Waals surface area contributed by atoms with Gasteiger partial charge in [0.2, 0.25) is 0 Å². The van der Waals surface area contributed by atoms with E-state index in [0.717, 1.165) is 41.8 Å². The molecule has 1 saturated heterocycles.